The summed E-state index contributed by atoms with van der Waals surface area (Å²) in [6.45, 7) is 4.17. The van der Waals surface area contributed by atoms with Gasteiger partial charge in [-0.2, -0.15) is 10.1 Å². The molecule has 5 rings (SSSR count). The molecule has 0 radical (unpaired) electrons. The molecule has 0 spiro atoms. The van der Waals surface area contributed by atoms with E-state index in [-0.39, 0.29) is 17.7 Å². The number of ether oxygens (including phenoxy) is 3. The van der Waals surface area contributed by atoms with Gasteiger partial charge in [0.15, 0.2) is 17.3 Å². The van der Waals surface area contributed by atoms with Crippen molar-refractivity contribution in [2.24, 2.45) is 0 Å². The first-order valence-electron chi connectivity index (χ1n) is 11.2. The molecule has 1 aromatic heterocycles. The predicted octanol–water partition coefficient (Wildman–Crippen LogP) is 4.34. The molecule has 8 heteroatoms. The van der Waals surface area contributed by atoms with Gasteiger partial charge in [0, 0.05) is 17.7 Å². The van der Waals surface area contributed by atoms with E-state index < -0.39 is 0 Å². The first-order chi connectivity index (χ1) is 16.4. The number of carbonyl (C=O) groups excluding carboxylic acids is 1. The van der Waals surface area contributed by atoms with Crippen LogP contribution in [0.4, 0.5) is 5.95 Å². The summed E-state index contributed by atoms with van der Waals surface area (Å²) in [4.78, 5) is 18.1. The summed E-state index contributed by atoms with van der Waals surface area (Å²) in [6, 6.07) is 9.86. The Labute approximate surface area is 198 Å². The highest BCUT2D eigenvalue weighted by Crippen LogP contribution is 2.47. The van der Waals surface area contributed by atoms with Crippen LogP contribution in [-0.4, -0.2) is 41.9 Å². The summed E-state index contributed by atoms with van der Waals surface area (Å²) >= 11 is 0. The molecule has 0 saturated heterocycles. The molecule has 1 aliphatic carbocycles. The van der Waals surface area contributed by atoms with E-state index in [0.29, 0.717) is 36.0 Å². The first kappa shape index (κ1) is 22.0. The van der Waals surface area contributed by atoms with Crippen molar-refractivity contribution in [2.75, 3.05) is 26.6 Å². The molecule has 2 heterocycles. The van der Waals surface area contributed by atoms with E-state index in [1.54, 1.807) is 26.0 Å². The maximum absolute atomic E-state index is 13.7. The number of allylic oxidation sites excluding steroid dienone is 2. The molecule has 2 aliphatic rings. The lowest BCUT2D eigenvalue weighted by Crippen LogP contribution is -2.33. The van der Waals surface area contributed by atoms with Gasteiger partial charge in [0.1, 0.15) is 12.4 Å². The average Bonchev–Trinajstić information content (AvgIpc) is 3.31. The Morgan fingerprint density at radius 1 is 0.941 bits per heavy atom. The van der Waals surface area contributed by atoms with Crippen LogP contribution in [0.5, 0.6) is 17.2 Å². The Kier molecular flexibility index (Phi) is 5.51. The fraction of sp³-hybridized carbons (Fsp3) is 0.346. The van der Waals surface area contributed by atoms with Crippen molar-refractivity contribution in [2.45, 2.75) is 38.6 Å². The molecular weight excluding hydrogens is 432 g/mol. The van der Waals surface area contributed by atoms with Gasteiger partial charge >= 0.3 is 0 Å². The van der Waals surface area contributed by atoms with Gasteiger partial charge in [-0.05, 0) is 60.6 Å². The number of aromatic nitrogens is 3. The first-order valence-corrected chi connectivity index (χ1v) is 11.2. The highest BCUT2D eigenvalue weighted by atomic mass is 16.5. The Morgan fingerprint density at radius 2 is 1.68 bits per heavy atom. The number of carbonyl (C=O) groups is 1. The zero-order valence-corrected chi connectivity index (χ0v) is 20.0. The van der Waals surface area contributed by atoms with E-state index >= 15 is 0 Å². The third kappa shape index (κ3) is 3.50. The lowest BCUT2D eigenvalue weighted by molar-refractivity contribution is -0.116. The molecule has 8 nitrogen and oxygen atoms in total. The summed E-state index contributed by atoms with van der Waals surface area (Å²) in [5.41, 5.74) is 6.03. The van der Waals surface area contributed by atoms with Crippen LogP contribution in [0.2, 0.25) is 0 Å². The Morgan fingerprint density at radius 3 is 2.32 bits per heavy atom. The van der Waals surface area contributed by atoms with Crippen LogP contribution in [0.1, 0.15) is 47.1 Å². The lowest BCUT2D eigenvalue weighted by Gasteiger charge is -2.35. The highest BCUT2D eigenvalue weighted by Gasteiger charge is 2.39. The second-order valence-corrected chi connectivity index (χ2v) is 8.78. The van der Waals surface area contributed by atoms with Crippen LogP contribution < -0.4 is 19.5 Å². The van der Waals surface area contributed by atoms with Crippen molar-refractivity contribution in [1.82, 2.24) is 14.8 Å². The number of aryl methyl sites for hydroxylation is 2. The fourth-order valence-corrected chi connectivity index (χ4v) is 4.97. The van der Waals surface area contributed by atoms with Crippen LogP contribution in [-0.2, 0) is 4.79 Å². The summed E-state index contributed by atoms with van der Waals surface area (Å²) in [6.07, 6.45) is 2.56. The van der Waals surface area contributed by atoms with E-state index in [1.807, 2.05) is 12.1 Å². The van der Waals surface area contributed by atoms with Gasteiger partial charge < -0.3 is 19.5 Å². The maximum atomic E-state index is 13.7. The van der Waals surface area contributed by atoms with Gasteiger partial charge in [0.05, 0.1) is 21.3 Å². The molecule has 0 bridgehead atoms. The minimum absolute atomic E-state index is 0.0395. The van der Waals surface area contributed by atoms with E-state index in [0.717, 1.165) is 22.4 Å². The topological polar surface area (TPSA) is 87.5 Å². The number of nitrogens with zero attached hydrogens (tertiary/aromatic N) is 3. The molecule has 1 aliphatic heterocycles. The predicted molar refractivity (Wildman–Crippen MR) is 128 cm³/mol. The number of hydrogen-bond donors (Lipinski definition) is 1. The number of methoxy groups -OCH3 is 3. The summed E-state index contributed by atoms with van der Waals surface area (Å²) in [7, 11) is 4.77. The monoisotopic (exact) mass is 460 g/mol. The van der Waals surface area contributed by atoms with E-state index in [9.17, 15) is 4.79 Å². The van der Waals surface area contributed by atoms with Crippen LogP contribution in [0.25, 0.3) is 0 Å². The van der Waals surface area contributed by atoms with Gasteiger partial charge in [0.25, 0.3) is 0 Å². The largest absolute Gasteiger partial charge is 0.493 e. The molecular formula is C26H28N4O4. The quantitative estimate of drug-likeness (QED) is 0.606. The number of fused-ring (bicyclic) bond motifs is 1. The van der Waals surface area contributed by atoms with E-state index in [1.165, 1.54) is 17.5 Å². The normalized spacial score (nSPS) is 19.3. The van der Waals surface area contributed by atoms with Crippen LogP contribution in [0, 0.1) is 13.8 Å². The molecule has 2 aromatic carbocycles. The minimum atomic E-state index is -0.304. The molecule has 0 amide bonds. The lowest BCUT2D eigenvalue weighted by atomic mass is 9.77. The maximum Gasteiger partial charge on any atom is 0.226 e. The van der Waals surface area contributed by atoms with Gasteiger partial charge in [0.2, 0.25) is 11.7 Å². The molecule has 2 unspecified atom stereocenters. The molecule has 2 atom stereocenters. The second-order valence-electron chi connectivity index (χ2n) is 8.78. The number of rotatable bonds is 5. The minimum Gasteiger partial charge on any atom is -0.493 e. The molecule has 34 heavy (non-hydrogen) atoms. The van der Waals surface area contributed by atoms with Crippen molar-refractivity contribution in [3.05, 3.63) is 70.2 Å². The number of anilines is 1. The van der Waals surface area contributed by atoms with Crippen LogP contribution >= 0.6 is 0 Å². The van der Waals surface area contributed by atoms with Crippen molar-refractivity contribution in [3.63, 3.8) is 0 Å². The van der Waals surface area contributed by atoms with Crippen molar-refractivity contribution < 1.29 is 19.0 Å². The summed E-state index contributed by atoms with van der Waals surface area (Å²) in [5, 5.41) is 7.82. The molecule has 176 valence electrons. The molecule has 1 N–H and O–H groups in total. The fourth-order valence-electron chi connectivity index (χ4n) is 4.97. The number of nitrogens with one attached hydrogen (secondary N) is 1. The van der Waals surface area contributed by atoms with Gasteiger partial charge in [-0.3, -0.25) is 4.79 Å². The molecule has 0 fully saturated rings. The SMILES string of the molecule is COc1cc(C2CC(=O)C3=C(C2)Nc2ncnn2C3c2ccc(C)c(C)c2)cc(OC)c1OC. The number of ketones is 1. The summed E-state index contributed by atoms with van der Waals surface area (Å²) in [5.74, 6) is 2.39. The molecule has 0 saturated carbocycles. The number of benzene rings is 2. The highest BCUT2D eigenvalue weighted by molar-refractivity contribution is 6.00. The third-order valence-electron chi connectivity index (χ3n) is 6.87. The summed E-state index contributed by atoms with van der Waals surface area (Å²) < 4.78 is 18.3. The van der Waals surface area contributed by atoms with Crippen LogP contribution in [0.15, 0.2) is 47.9 Å². The second kappa shape index (κ2) is 8.52. The number of Topliss-reactive ketones (excluding diaryl/α,β-unsaturated/α-hetero) is 1. The Bertz CT molecular complexity index is 1280. The van der Waals surface area contributed by atoms with Crippen LogP contribution in [0.3, 0.4) is 0 Å². The third-order valence-corrected chi connectivity index (χ3v) is 6.87. The van der Waals surface area contributed by atoms with Crippen molar-refractivity contribution in [3.8, 4) is 17.2 Å². The zero-order valence-electron chi connectivity index (χ0n) is 20.0. The van der Waals surface area contributed by atoms with E-state index in [2.05, 4.69) is 47.4 Å². The average molecular weight is 461 g/mol. The Balaban J connectivity index is 1.58. The number of hydrogen-bond acceptors (Lipinski definition) is 7. The van der Waals surface area contributed by atoms with E-state index in [4.69, 9.17) is 14.2 Å². The van der Waals surface area contributed by atoms with Crippen molar-refractivity contribution in [1.29, 1.82) is 0 Å². The van der Waals surface area contributed by atoms with Gasteiger partial charge in [-0.1, -0.05) is 18.2 Å². The van der Waals surface area contributed by atoms with Gasteiger partial charge in [-0.15, -0.1) is 0 Å². The van der Waals surface area contributed by atoms with Gasteiger partial charge in [-0.25, -0.2) is 4.68 Å². The smallest absolute Gasteiger partial charge is 0.226 e. The zero-order chi connectivity index (χ0) is 24.0. The molecule has 3 aromatic rings. The van der Waals surface area contributed by atoms with Crippen molar-refractivity contribution >= 4 is 11.7 Å². The Hall–Kier alpha value is -3.81. The standard InChI is InChI=1S/C26H28N4O4/c1-14-6-7-16(8-15(14)2)24-23-19(29-26-27-13-28-30(24)26)9-17(10-20(23)31)18-11-21(32-3)25(34-5)22(12-18)33-4/h6-8,11-13,17,24H,9-10H2,1-5H3,(H,27,28,29).